The lowest BCUT2D eigenvalue weighted by molar-refractivity contribution is -0.00594. The Labute approximate surface area is 137 Å². The van der Waals surface area contributed by atoms with Crippen molar-refractivity contribution in [1.82, 2.24) is 20.1 Å². The van der Waals surface area contributed by atoms with Gasteiger partial charge in [-0.3, -0.25) is 9.48 Å². The molecular weight excluding hydrogens is 316 g/mol. The number of rotatable bonds is 3. The Morgan fingerprint density at radius 2 is 2.22 bits per heavy atom. The maximum Gasteiger partial charge on any atom is 0.269 e. The predicted molar refractivity (Wildman–Crippen MR) is 86.5 cm³/mol. The normalized spacial score (nSPS) is 23.7. The Balaban J connectivity index is 1.56. The van der Waals surface area contributed by atoms with E-state index < -0.39 is 6.10 Å². The Kier molecular flexibility index (Phi) is 3.36. The van der Waals surface area contributed by atoms with Crippen LogP contribution in [0.25, 0.3) is 10.9 Å². The predicted octanol–water partition coefficient (Wildman–Crippen LogP) is 2.12. The van der Waals surface area contributed by atoms with Crippen molar-refractivity contribution in [2.45, 2.75) is 24.6 Å². The van der Waals surface area contributed by atoms with Gasteiger partial charge in [-0.05, 0) is 18.6 Å². The lowest BCUT2D eigenvalue weighted by Gasteiger charge is -2.41. The van der Waals surface area contributed by atoms with Gasteiger partial charge in [0.1, 0.15) is 5.69 Å². The third-order valence-electron chi connectivity index (χ3n) is 4.32. The number of aliphatic hydroxyl groups excluding tert-OH is 1. The van der Waals surface area contributed by atoms with Crippen LogP contribution in [0.3, 0.4) is 0 Å². The van der Waals surface area contributed by atoms with Crippen molar-refractivity contribution in [3.8, 4) is 0 Å². The summed E-state index contributed by atoms with van der Waals surface area (Å²) >= 11 is 6.30. The minimum Gasteiger partial charge on any atom is -0.391 e. The Morgan fingerprint density at radius 1 is 1.39 bits per heavy atom. The fraction of sp³-hybridized carbons (Fsp3) is 0.250. The van der Waals surface area contributed by atoms with Crippen molar-refractivity contribution in [2.75, 3.05) is 0 Å². The van der Waals surface area contributed by atoms with Gasteiger partial charge in [-0.15, -0.1) is 0 Å². The van der Waals surface area contributed by atoms with Crippen LogP contribution in [-0.4, -0.2) is 37.9 Å². The van der Waals surface area contributed by atoms with Crippen LogP contribution < -0.4 is 5.32 Å². The molecule has 1 saturated carbocycles. The molecule has 118 valence electrons. The van der Waals surface area contributed by atoms with Crippen molar-refractivity contribution in [2.24, 2.45) is 0 Å². The standard InChI is InChI=1S/C16H15ClN4O2/c17-13-9-4-1-2-5-10(9)19-14(13)16(23)20-11-8-12(22)15(11)21-7-3-6-18-21/h1-7,11-12,15,19,22H,8H2,(H,20,23)/t11-,12+,15+/m0/s1. The zero-order valence-electron chi connectivity index (χ0n) is 12.1. The van der Waals surface area contributed by atoms with E-state index in [0.29, 0.717) is 17.1 Å². The summed E-state index contributed by atoms with van der Waals surface area (Å²) in [5.74, 6) is -0.278. The third kappa shape index (κ3) is 2.31. The monoisotopic (exact) mass is 330 g/mol. The Hall–Kier alpha value is -2.31. The number of aromatic nitrogens is 3. The molecule has 23 heavy (non-hydrogen) atoms. The van der Waals surface area contributed by atoms with Crippen molar-refractivity contribution < 1.29 is 9.90 Å². The van der Waals surface area contributed by atoms with E-state index in [2.05, 4.69) is 15.4 Å². The molecule has 1 aliphatic rings. The average molecular weight is 331 g/mol. The molecule has 6 nitrogen and oxygen atoms in total. The van der Waals surface area contributed by atoms with Crippen LogP contribution in [0.15, 0.2) is 42.7 Å². The zero-order valence-corrected chi connectivity index (χ0v) is 12.9. The quantitative estimate of drug-likeness (QED) is 0.688. The number of carbonyl (C=O) groups is 1. The summed E-state index contributed by atoms with van der Waals surface area (Å²) in [6.45, 7) is 0. The van der Waals surface area contributed by atoms with Crippen LogP contribution in [-0.2, 0) is 0 Å². The topological polar surface area (TPSA) is 82.9 Å². The maximum atomic E-state index is 12.5. The SMILES string of the molecule is O=C(N[C@H]1C[C@@H](O)[C@@H]1n1cccn1)c1[nH]c2ccccc2c1Cl. The number of fused-ring (bicyclic) bond motifs is 1. The molecule has 1 amide bonds. The number of carbonyl (C=O) groups excluding carboxylic acids is 1. The molecule has 7 heteroatoms. The lowest BCUT2D eigenvalue weighted by Crippen LogP contribution is -2.56. The molecular formula is C16H15ClN4O2. The number of nitrogens with zero attached hydrogens (tertiary/aromatic N) is 2. The Morgan fingerprint density at radius 3 is 2.91 bits per heavy atom. The molecule has 0 radical (unpaired) electrons. The van der Waals surface area contributed by atoms with E-state index >= 15 is 0 Å². The number of nitrogens with one attached hydrogen (secondary N) is 2. The van der Waals surface area contributed by atoms with E-state index in [1.165, 1.54) is 0 Å². The van der Waals surface area contributed by atoms with Crippen molar-refractivity contribution >= 4 is 28.4 Å². The van der Waals surface area contributed by atoms with Gasteiger partial charge in [0, 0.05) is 23.3 Å². The molecule has 1 fully saturated rings. The smallest absolute Gasteiger partial charge is 0.269 e. The number of benzene rings is 1. The number of H-pyrrole nitrogens is 1. The molecule has 2 heterocycles. The van der Waals surface area contributed by atoms with E-state index in [-0.39, 0.29) is 18.0 Å². The molecule has 1 aliphatic carbocycles. The van der Waals surface area contributed by atoms with E-state index in [0.717, 1.165) is 10.9 Å². The molecule has 4 rings (SSSR count). The third-order valence-corrected chi connectivity index (χ3v) is 4.71. The van der Waals surface area contributed by atoms with Crippen LogP contribution >= 0.6 is 11.6 Å². The second kappa shape index (κ2) is 5.40. The summed E-state index contributed by atoms with van der Waals surface area (Å²) in [6, 6.07) is 8.85. The van der Waals surface area contributed by atoms with E-state index in [1.807, 2.05) is 24.3 Å². The van der Waals surface area contributed by atoms with Crippen LogP contribution in [0, 0.1) is 0 Å². The van der Waals surface area contributed by atoms with Gasteiger partial charge in [0.15, 0.2) is 0 Å². The second-order valence-electron chi connectivity index (χ2n) is 5.72. The van der Waals surface area contributed by atoms with E-state index in [1.54, 1.807) is 23.1 Å². The van der Waals surface area contributed by atoms with Gasteiger partial charge in [0.25, 0.3) is 5.91 Å². The second-order valence-corrected chi connectivity index (χ2v) is 6.10. The highest BCUT2D eigenvalue weighted by molar-refractivity contribution is 6.38. The molecule has 3 N–H and O–H groups in total. The van der Waals surface area contributed by atoms with Gasteiger partial charge in [-0.25, -0.2) is 0 Å². The summed E-state index contributed by atoms with van der Waals surface area (Å²) in [6.07, 6.45) is 3.41. The average Bonchev–Trinajstić information content (AvgIpc) is 3.15. The van der Waals surface area contributed by atoms with Gasteiger partial charge in [-0.2, -0.15) is 5.10 Å². The highest BCUT2D eigenvalue weighted by atomic mass is 35.5. The molecule has 0 bridgehead atoms. The van der Waals surface area contributed by atoms with Crippen molar-refractivity contribution in [1.29, 1.82) is 0 Å². The van der Waals surface area contributed by atoms with Crippen LogP contribution in [0.2, 0.25) is 5.02 Å². The fourth-order valence-corrected chi connectivity index (χ4v) is 3.38. The van der Waals surface area contributed by atoms with Crippen molar-refractivity contribution in [3.05, 3.63) is 53.4 Å². The highest BCUT2D eigenvalue weighted by Gasteiger charge is 2.43. The van der Waals surface area contributed by atoms with E-state index in [9.17, 15) is 9.90 Å². The molecule has 2 aromatic heterocycles. The summed E-state index contributed by atoms with van der Waals surface area (Å²) in [4.78, 5) is 15.6. The van der Waals surface area contributed by atoms with Gasteiger partial charge >= 0.3 is 0 Å². The summed E-state index contributed by atoms with van der Waals surface area (Å²) in [5.41, 5.74) is 1.16. The highest BCUT2D eigenvalue weighted by Crippen LogP contribution is 2.33. The maximum absolute atomic E-state index is 12.5. The first-order valence-corrected chi connectivity index (χ1v) is 7.77. The molecule has 3 aromatic rings. The minimum absolute atomic E-state index is 0.181. The summed E-state index contributed by atoms with van der Waals surface area (Å²) in [5, 5.41) is 18.3. The minimum atomic E-state index is -0.515. The van der Waals surface area contributed by atoms with Crippen molar-refractivity contribution in [3.63, 3.8) is 0 Å². The lowest BCUT2D eigenvalue weighted by atomic mass is 9.83. The molecule has 0 saturated heterocycles. The number of hydrogen-bond donors (Lipinski definition) is 3. The number of amides is 1. The molecule has 0 unspecified atom stereocenters. The van der Waals surface area contributed by atoms with Gasteiger partial charge in [0.2, 0.25) is 0 Å². The van der Waals surface area contributed by atoms with E-state index in [4.69, 9.17) is 11.6 Å². The first-order valence-electron chi connectivity index (χ1n) is 7.39. The summed E-state index contributed by atoms with van der Waals surface area (Å²) in [7, 11) is 0. The number of aliphatic hydroxyl groups is 1. The van der Waals surface area contributed by atoms with Gasteiger partial charge in [-0.1, -0.05) is 29.8 Å². The Bertz CT molecular complexity index is 858. The first kappa shape index (κ1) is 14.3. The number of hydrogen-bond acceptors (Lipinski definition) is 3. The molecule has 0 spiro atoms. The number of halogens is 1. The fourth-order valence-electron chi connectivity index (χ4n) is 3.08. The molecule has 1 aromatic carbocycles. The number of aromatic amines is 1. The van der Waals surface area contributed by atoms with Crippen LogP contribution in [0.5, 0.6) is 0 Å². The van der Waals surface area contributed by atoms with Gasteiger partial charge < -0.3 is 15.4 Å². The number of para-hydroxylation sites is 1. The van der Waals surface area contributed by atoms with Crippen LogP contribution in [0.4, 0.5) is 0 Å². The van der Waals surface area contributed by atoms with Crippen LogP contribution in [0.1, 0.15) is 23.0 Å². The molecule has 3 atom stereocenters. The largest absolute Gasteiger partial charge is 0.391 e. The molecule has 0 aliphatic heterocycles. The zero-order chi connectivity index (χ0) is 16.0. The van der Waals surface area contributed by atoms with Gasteiger partial charge in [0.05, 0.1) is 23.2 Å². The summed E-state index contributed by atoms with van der Waals surface area (Å²) < 4.78 is 1.67. The first-order chi connectivity index (χ1) is 11.1.